The first-order valence-corrected chi connectivity index (χ1v) is 5.92. The van der Waals surface area contributed by atoms with Gasteiger partial charge < -0.3 is 0 Å². The molecule has 8 heteroatoms. The van der Waals surface area contributed by atoms with Gasteiger partial charge in [-0.05, 0) is 36.6 Å². The molecule has 3 rings (SSSR count). The lowest BCUT2D eigenvalue weighted by Crippen LogP contribution is -1.80. The van der Waals surface area contributed by atoms with Crippen LogP contribution in [0.25, 0.3) is 4.96 Å². The molecule has 0 saturated heterocycles. The van der Waals surface area contributed by atoms with Crippen molar-refractivity contribution in [3.63, 3.8) is 0 Å². The molecule has 0 fully saturated rings. The Bertz CT molecular complexity index is 635. The third kappa shape index (κ3) is 2.60. The summed E-state index contributed by atoms with van der Waals surface area (Å²) in [6, 6.07) is 5.72. The van der Waals surface area contributed by atoms with Crippen molar-refractivity contribution < 1.29 is 0 Å². The lowest BCUT2D eigenvalue weighted by molar-refractivity contribution is 0.928. The fourth-order valence-corrected chi connectivity index (χ4v) is 2.13. The van der Waals surface area contributed by atoms with Gasteiger partial charge >= 0.3 is 0 Å². The van der Waals surface area contributed by atoms with Crippen molar-refractivity contribution >= 4 is 40.7 Å². The van der Waals surface area contributed by atoms with Crippen molar-refractivity contribution in [3.8, 4) is 0 Å². The molecule has 0 atom stereocenters. The molecule has 0 bridgehead atoms. The van der Waals surface area contributed by atoms with Crippen LogP contribution in [-0.4, -0.2) is 24.8 Å². The van der Waals surface area contributed by atoms with Gasteiger partial charge in [-0.15, -0.1) is 5.10 Å². The maximum absolute atomic E-state index is 4.87. The summed E-state index contributed by atoms with van der Waals surface area (Å²) in [5, 5.41) is 9.40. The van der Waals surface area contributed by atoms with E-state index in [0.717, 1.165) is 4.96 Å². The van der Waals surface area contributed by atoms with Gasteiger partial charge in [0.25, 0.3) is 0 Å². The highest BCUT2D eigenvalue weighted by atomic mass is 32.1. The Morgan fingerprint density at radius 1 is 1.19 bits per heavy atom. The largest absolute Gasteiger partial charge is 0.271 e. The minimum atomic E-state index is 0.544. The van der Waals surface area contributed by atoms with Crippen molar-refractivity contribution in [2.24, 2.45) is 0 Å². The van der Waals surface area contributed by atoms with Gasteiger partial charge in [-0.3, -0.25) is 10.1 Å². The van der Waals surface area contributed by atoms with Crippen LogP contribution >= 0.6 is 35.8 Å². The van der Waals surface area contributed by atoms with Gasteiger partial charge in [0.15, 0.2) is 3.95 Å². The fourth-order valence-electron chi connectivity index (χ4n) is 0.959. The number of hydrogen-bond acceptors (Lipinski definition) is 5. The standard InChI is InChI=1S/C5H5N.C3H2N4S3/c1-2-4-6-5-3-1;8-1-4-5-2-7(1)6-3(9)10-2/h1-5H;(H,4,8)(H,6,9). The second-order valence-electron chi connectivity index (χ2n) is 2.67. The second-order valence-corrected chi connectivity index (χ2v) is 4.70. The van der Waals surface area contributed by atoms with E-state index in [1.54, 1.807) is 16.9 Å². The molecule has 82 valence electrons. The predicted octanol–water partition coefficient (Wildman–Crippen LogP) is 2.59. The lowest BCUT2D eigenvalue weighted by atomic mass is 10.5. The highest BCUT2D eigenvalue weighted by molar-refractivity contribution is 7.73. The quantitative estimate of drug-likeness (QED) is 0.616. The minimum Gasteiger partial charge on any atom is -0.271 e. The molecule has 3 aromatic heterocycles. The van der Waals surface area contributed by atoms with Crippen LogP contribution < -0.4 is 0 Å². The van der Waals surface area contributed by atoms with Crippen LogP contribution in [0, 0.1) is 8.73 Å². The molecule has 0 aromatic carbocycles. The van der Waals surface area contributed by atoms with Crippen LogP contribution in [0.1, 0.15) is 0 Å². The van der Waals surface area contributed by atoms with Crippen molar-refractivity contribution in [2.45, 2.75) is 0 Å². The van der Waals surface area contributed by atoms with E-state index in [1.807, 2.05) is 18.2 Å². The van der Waals surface area contributed by atoms with Crippen molar-refractivity contribution in [1.29, 1.82) is 0 Å². The molecule has 0 aliphatic carbocycles. The van der Waals surface area contributed by atoms with E-state index in [2.05, 4.69) is 20.3 Å². The maximum Gasteiger partial charge on any atom is 0.232 e. The summed E-state index contributed by atoms with van der Waals surface area (Å²) in [6.07, 6.45) is 3.50. The molecule has 3 aromatic rings. The first-order valence-electron chi connectivity index (χ1n) is 4.28. The zero-order valence-electron chi connectivity index (χ0n) is 7.95. The second kappa shape index (κ2) is 5.10. The van der Waals surface area contributed by atoms with Gasteiger partial charge in [0.1, 0.15) is 0 Å². The Morgan fingerprint density at radius 3 is 2.44 bits per heavy atom. The Labute approximate surface area is 105 Å². The van der Waals surface area contributed by atoms with Gasteiger partial charge in [-0.25, -0.2) is 5.10 Å². The summed E-state index contributed by atoms with van der Waals surface area (Å²) >= 11 is 11.1. The van der Waals surface area contributed by atoms with E-state index < -0.39 is 0 Å². The van der Waals surface area contributed by atoms with Gasteiger partial charge in [0.05, 0.1) is 0 Å². The maximum atomic E-state index is 4.87. The van der Waals surface area contributed by atoms with E-state index in [1.165, 1.54) is 11.3 Å². The topological polar surface area (TPSA) is 61.8 Å². The summed E-state index contributed by atoms with van der Waals surface area (Å²) in [5.74, 6) is 0. The molecule has 3 heterocycles. The number of aromatic amines is 2. The molecule has 0 aliphatic rings. The Hall–Kier alpha value is -1.38. The van der Waals surface area contributed by atoms with E-state index in [9.17, 15) is 0 Å². The zero-order chi connectivity index (χ0) is 11.4. The van der Waals surface area contributed by atoms with E-state index in [0.29, 0.717) is 8.73 Å². The molecule has 0 aliphatic heterocycles. The summed E-state index contributed by atoms with van der Waals surface area (Å²) < 4.78 is 2.87. The van der Waals surface area contributed by atoms with Crippen molar-refractivity contribution in [2.75, 3.05) is 0 Å². The minimum absolute atomic E-state index is 0.544. The molecule has 0 saturated carbocycles. The number of hydrogen-bond donors (Lipinski definition) is 2. The number of nitrogens with one attached hydrogen (secondary N) is 2. The Balaban J connectivity index is 0.000000138. The van der Waals surface area contributed by atoms with E-state index >= 15 is 0 Å². The Morgan fingerprint density at radius 2 is 1.94 bits per heavy atom. The number of nitrogens with zero attached hydrogens (tertiary/aromatic N) is 3. The molecule has 0 spiro atoms. The van der Waals surface area contributed by atoms with Crippen molar-refractivity contribution in [1.82, 2.24) is 24.8 Å². The molecule has 0 radical (unpaired) electrons. The lowest BCUT2D eigenvalue weighted by Gasteiger charge is -1.73. The Kier molecular flexibility index (Phi) is 3.54. The highest BCUT2D eigenvalue weighted by Gasteiger charge is 1.96. The van der Waals surface area contributed by atoms with Gasteiger partial charge in [-0.1, -0.05) is 17.4 Å². The molecule has 5 nitrogen and oxygen atoms in total. The third-order valence-electron chi connectivity index (χ3n) is 1.60. The number of rotatable bonds is 0. The average Bonchev–Trinajstić information content (AvgIpc) is 2.84. The molecular weight excluding hydrogens is 262 g/mol. The molecule has 2 N–H and O–H groups in total. The fraction of sp³-hybridized carbons (Fsp3) is 0. The van der Waals surface area contributed by atoms with Gasteiger partial charge in [0.2, 0.25) is 9.73 Å². The van der Waals surface area contributed by atoms with E-state index in [-0.39, 0.29) is 0 Å². The van der Waals surface area contributed by atoms with Crippen molar-refractivity contribution in [3.05, 3.63) is 39.3 Å². The van der Waals surface area contributed by atoms with Crippen LogP contribution in [0.4, 0.5) is 0 Å². The molecule has 16 heavy (non-hydrogen) atoms. The first kappa shape index (κ1) is 11.1. The predicted molar refractivity (Wildman–Crippen MR) is 67.7 cm³/mol. The van der Waals surface area contributed by atoms with Crippen LogP contribution in [-0.2, 0) is 0 Å². The highest BCUT2D eigenvalue weighted by Crippen LogP contribution is 2.06. The first-order chi connectivity index (χ1) is 7.77. The van der Waals surface area contributed by atoms with Crippen LogP contribution in [0.15, 0.2) is 30.6 Å². The molecule has 0 amide bonds. The average molecular weight is 269 g/mol. The number of aromatic nitrogens is 5. The molecule has 0 unspecified atom stereocenters. The summed E-state index contributed by atoms with van der Waals surface area (Å²) in [5.41, 5.74) is 0. The monoisotopic (exact) mass is 269 g/mol. The normalized spacial score (nSPS) is 9.75. The SMILES string of the molecule is S=c1[nH]n2c(=S)[nH]nc2s1.c1ccncc1. The zero-order valence-corrected chi connectivity index (χ0v) is 10.4. The number of H-pyrrole nitrogens is 2. The number of fused-ring (bicyclic) bond motifs is 1. The van der Waals surface area contributed by atoms with Gasteiger partial charge in [-0.2, -0.15) is 4.52 Å². The van der Waals surface area contributed by atoms with Crippen LogP contribution in [0.3, 0.4) is 0 Å². The van der Waals surface area contributed by atoms with Crippen LogP contribution in [0.5, 0.6) is 0 Å². The van der Waals surface area contributed by atoms with Crippen LogP contribution in [0.2, 0.25) is 0 Å². The summed E-state index contributed by atoms with van der Waals surface area (Å²) in [4.78, 5) is 4.56. The van der Waals surface area contributed by atoms with Gasteiger partial charge in [0, 0.05) is 12.4 Å². The van der Waals surface area contributed by atoms with E-state index in [4.69, 9.17) is 24.4 Å². The molecular formula is C8H7N5S3. The summed E-state index contributed by atoms with van der Waals surface area (Å²) in [7, 11) is 0. The summed E-state index contributed by atoms with van der Waals surface area (Å²) in [6.45, 7) is 0. The smallest absolute Gasteiger partial charge is 0.232 e. The third-order valence-corrected chi connectivity index (χ3v) is 2.94. The number of pyridine rings is 1.